The molecule has 2 aromatic carbocycles. The summed E-state index contributed by atoms with van der Waals surface area (Å²) >= 11 is 0. The van der Waals surface area contributed by atoms with E-state index in [4.69, 9.17) is 4.74 Å². The molecule has 0 bridgehead atoms. The number of fused-ring (bicyclic) bond motifs is 1. The minimum atomic E-state index is -0.684. The van der Waals surface area contributed by atoms with Crippen molar-refractivity contribution in [2.24, 2.45) is 0 Å². The summed E-state index contributed by atoms with van der Waals surface area (Å²) in [4.78, 5) is 8.78. The van der Waals surface area contributed by atoms with E-state index >= 15 is 0 Å². The third-order valence-electron chi connectivity index (χ3n) is 3.44. The number of hydrogen-bond donors (Lipinski definition) is 2. The van der Waals surface area contributed by atoms with Crippen molar-refractivity contribution in [3.63, 3.8) is 0 Å². The summed E-state index contributed by atoms with van der Waals surface area (Å²) in [6.45, 7) is 1.66. The number of ether oxygens (including phenoxy) is 1. The molecule has 0 saturated heterocycles. The lowest BCUT2D eigenvalue weighted by molar-refractivity contribution is 0.194. The van der Waals surface area contributed by atoms with Crippen LogP contribution in [0.3, 0.4) is 0 Å². The molecule has 5 nitrogen and oxygen atoms in total. The van der Waals surface area contributed by atoms with Gasteiger partial charge in [-0.1, -0.05) is 6.07 Å². The number of methoxy groups -OCH3 is 1. The molecule has 0 aliphatic rings. The van der Waals surface area contributed by atoms with E-state index in [2.05, 4.69) is 15.3 Å². The number of anilines is 2. The van der Waals surface area contributed by atoms with Crippen molar-refractivity contribution in [3.05, 3.63) is 54.0 Å². The van der Waals surface area contributed by atoms with Crippen molar-refractivity contribution in [1.82, 2.24) is 9.97 Å². The lowest BCUT2D eigenvalue weighted by Gasteiger charge is -2.12. The van der Waals surface area contributed by atoms with Crippen molar-refractivity contribution in [3.8, 4) is 5.75 Å². The summed E-state index contributed by atoms with van der Waals surface area (Å²) in [7, 11) is 1.54. The maximum Gasteiger partial charge on any atom is 0.149 e. The van der Waals surface area contributed by atoms with Crippen LogP contribution in [0.25, 0.3) is 11.0 Å². The lowest BCUT2D eigenvalue weighted by atomic mass is 10.1. The molecular formula is C17H16FN3O2. The second-order valence-corrected chi connectivity index (χ2v) is 5.15. The van der Waals surface area contributed by atoms with Crippen LogP contribution in [0.5, 0.6) is 5.75 Å². The fraction of sp³-hybridized carbons (Fsp3) is 0.176. The van der Waals surface area contributed by atoms with Crippen LogP contribution < -0.4 is 10.1 Å². The van der Waals surface area contributed by atoms with Crippen LogP contribution in [-0.2, 0) is 0 Å². The van der Waals surface area contributed by atoms with Crippen molar-refractivity contribution in [1.29, 1.82) is 0 Å². The van der Waals surface area contributed by atoms with Crippen molar-refractivity contribution < 1.29 is 14.2 Å². The number of aromatic nitrogens is 2. The predicted molar refractivity (Wildman–Crippen MR) is 86.4 cm³/mol. The zero-order valence-electron chi connectivity index (χ0n) is 12.7. The summed E-state index contributed by atoms with van der Waals surface area (Å²) < 4.78 is 18.5. The molecule has 0 amide bonds. The number of aliphatic hydroxyl groups excluding tert-OH is 1. The molecule has 3 rings (SSSR count). The molecule has 1 heterocycles. The Hall–Kier alpha value is -2.73. The molecule has 2 N–H and O–H groups in total. The van der Waals surface area contributed by atoms with E-state index in [1.165, 1.54) is 12.1 Å². The summed E-state index contributed by atoms with van der Waals surface area (Å²) in [5, 5.41) is 12.9. The Balaban J connectivity index is 2.00. The van der Waals surface area contributed by atoms with E-state index in [9.17, 15) is 9.50 Å². The molecular weight excluding hydrogens is 297 g/mol. The van der Waals surface area contributed by atoms with Crippen molar-refractivity contribution in [2.45, 2.75) is 13.0 Å². The summed E-state index contributed by atoms with van der Waals surface area (Å²) in [5.41, 5.74) is 2.49. The fourth-order valence-corrected chi connectivity index (χ4v) is 2.33. The number of benzene rings is 2. The molecule has 1 atom stereocenters. The first-order valence-corrected chi connectivity index (χ1v) is 7.12. The largest absolute Gasteiger partial charge is 0.496 e. The molecule has 0 spiro atoms. The molecule has 0 fully saturated rings. The Morgan fingerprint density at radius 2 is 2.04 bits per heavy atom. The van der Waals surface area contributed by atoms with E-state index in [1.807, 2.05) is 0 Å². The predicted octanol–water partition coefficient (Wildman–Crippen LogP) is 3.57. The van der Waals surface area contributed by atoms with Gasteiger partial charge in [-0.05, 0) is 31.2 Å². The molecule has 3 aromatic rings. The Labute approximate surface area is 132 Å². The third kappa shape index (κ3) is 3.22. The van der Waals surface area contributed by atoms with Gasteiger partial charge in [0.25, 0.3) is 0 Å². The van der Waals surface area contributed by atoms with Gasteiger partial charge in [-0.2, -0.15) is 0 Å². The first-order chi connectivity index (χ1) is 11.1. The third-order valence-corrected chi connectivity index (χ3v) is 3.44. The fourth-order valence-electron chi connectivity index (χ4n) is 2.33. The van der Waals surface area contributed by atoms with E-state index in [0.29, 0.717) is 33.9 Å². The first-order valence-electron chi connectivity index (χ1n) is 7.12. The summed E-state index contributed by atoms with van der Waals surface area (Å²) in [6.07, 6.45) is 0.880. The Kier molecular flexibility index (Phi) is 4.08. The maximum atomic E-state index is 13.2. The van der Waals surface area contributed by atoms with Crippen molar-refractivity contribution >= 4 is 22.5 Å². The summed E-state index contributed by atoms with van der Waals surface area (Å²) in [5.74, 6) is 0.724. The molecule has 6 heteroatoms. The molecule has 118 valence electrons. The SMILES string of the molecule is COc1cc2ncc(Nc3cccc(F)c3)nc2cc1C(C)O. The minimum Gasteiger partial charge on any atom is -0.496 e. The zero-order valence-corrected chi connectivity index (χ0v) is 12.7. The van der Waals surface area contributed by atoms with Gasteiger partial charge >= 0.3 is 0 Å². The number of aliphatic hydroxyl groups is 1. The molecule has 0 aliphatic carbocycles. The van der Waals surface area contributed by atoms with Gasteiger partial charge in [-0.25, -0.2) is 9.37 Å². The van der Waals surface area contributed by atoms with Crippen LogP contribution in [0.2, 0.25) is 0 Å². The van der Waals surface area contributed by atoms with Gasteiger partial charge in [-0.3, -0.25) is 4.98 Å². The smallest absolute Gasteiger partial charge is 0.149 e. The standard InChI is InChI=1S/C17H16FN3O2/c1-10(22)13-7-15-14(8-16(13)23-2)19-9-17(21-15)20-12-5-3-4-11(18)6-12/h3-10,22H,1-2H3,(H,20,21). The van der Waals surface area contributed by atoms with Gasteiger partial charge in [0.1, 0.15) is 17.4 Å². The molecule has 0 saturated carbocycles. The number of halogens is 1. The van der Waals surface area contributed by atoms with E-state index < -0.39 is 6.10 Å². The zero-order chi connectivity index (χ0) is 16.4. The Morgan fingerprint density at radius 1 is 1.22 bits per heavy atom. The van der Waals surface area contributed by atoms with Gasteiger partial charge in [-0.15, -0.1) is 0 Å². The topological polar surface area (TPSA) is 67.3 Å². The Morgan fingerprint density at radius 3 is 2.74 bits per heavy atom. The average Bonchev–Trinajstić information content (AvgIpc) is 2.53. The normalized spacial score (nSPS) is 12.2. The molecule has 0 aliphatic heterocycles. The highest BCUT2D eigenvalue weighted by molar-refractivity contribution is 5.79. The summed E-state index contributed by atoms with van der Waals surface area (Å²) in [6, 6.07) is 9.57. The number of rotatable bonds is 4. The van der Waals surface area contributed by atoms with Gasteiger partial charge in [0.05, 0.1) is 30.4 Å². The molecule has 1 unspecified atom stereocenters. The van der Waals surface area contributed by atoms with Crippen LogP contribution in [0.1, 0.15) is 18.6 Å². The molecule has 23 heavy (non-hydrogen) atoms. The minimum absolute atomic E-state index is 0.329. The first kappa shape index (κ1) is 15.2. The van der Waals surface area contributed by atoms with Gasteiger partial charge in [0.2, 0.25) is 0 Å². The number of nitrogens with one attached hydrogen (secondary N) is 1. The molecule has 1 aromatic heterocycles. The maximum absolute atomic E-state index is 13.2. The van der Waals surface area contributed by atoms with Crippen molar-refractivity contribution in [2.75, 3.05) is 12.4 Å². The Bertz CT molecular complexity index is 852. The monoisotopic (exact) mass is 313 g/mol. The second-order valence-electron chi connectivity index (χ2n) is 5.15. The highest BCUT2D eigenvalue weighted by Gasteiger charge is 2.12. The van der Waals surface area contributed by atoms with Crippen LogP contribution in [0.15, 0.2) is 42.6 Å². The average molecular weight is 313 g/mol. The highest BCUT2D eigenvalue weighted by atomic mass is 19.1. The van der Waals surface area contributed by atoms with Gasteiger partial charge in [0.15, 0.2) is 0 Å². The molecule has 0 radical (unpaired) electrons. The van der Waals surface area contributed by atoms with Crippen LogP contribution in [0, 0.1) is 5.82 Å². The number of nitrogens with zero attached hydrogens (tertiary/aromatic N) is 2. The van der Waals surface area contributed by atoms with Gasteiger partial charge < -0.3 is 15.2 Å². The van der Waals surface area contributed by atoms with E-state index in [0.717, 1.165) is 0 Å². The number of hydrogen-bond acceptors (Lipinski definition) is 5. The van der Waals surface area contributed by atoms with Gasteiger partial charge in [0, 0.05) is 17.3 Å². The van der Waals surface area contributed by atoms with Crippen LogP contribution >= 0.6 is 0 Å². The lowest BCUT2D eigenvalue weighted by Crippen LogP contribution is -2.00. The van der Waals surface area contributed by atoms with E-state index in [-0.39, 0.29) is 5.82 Å². The highest BCUT2D eigenvalue weighted by Crippen LogP contribution is 2.29. The van der Waals surface area contributed by atoms with Crippen LogP contribution in [-0.4, -0.2) is 22.2 Å². The second kappa shape index (κ2) is 6.18. The quantitative estimate of drug-likeness (QED) is 0.770. The van der Waals surface area contributed by atoms with E-state index in [1.54, 1.807) is 44.5 Å². The van der Waals surface area contributed by atoms with Crippen LogP contribution in [0.4, 0.5) is 15.9 Å².